The van der Waals surface area contributed by atoms with Gasteiger partial charge in [0.2, 0.25) is 5.91 Å². The number of nitrogens with one attached hydrogen (secondary N) is 2. The van der Waals surface area contributed by atoms with Crippen molar-refractivity contribution in [3.63, 3.8) is 0 Å². The second kappa shape index (κ2) is 5.88. The largest absolute Gasteiger partial charge is 0.361 e. The van der Waals surface area contributed by atoms with E-state index < -0.39 is 0 Å². The van der Waals surface area contributed by atoms with Crippen LogP contribution in [0.15, 0.2) is 41.4 Å². The third-order valence-electron chi connectivity index (χ3n) is 3.21. The van der Waals surface area contributed by atoms with Gasteiger partial charge in [0.1, 0.15) is 0 Å². The lowest BCUT2D eigenvalue weighted by atomic mass is 10.1. The van der Waals surface area contributed by atoms with Crippen LogP contribution in [0.25, 0.3) is 10.9 Å². The summed E-state index contributed by atoms with van der Waals surface area (Å²) >= 11 is 1.58. The van der Waals surface area contributed by atoms with Crippen molar-refractivity contribution in [1.29, 1.82) is 0 Å². The zero-order chi connectivity index (χ0) is 13.8. The van der Waals surface area contributed by atoms with Crippen LogP contribution in [-0.2, 0) is 17.6 Å². The van der Waals surface area contributed by atoms with Gasteiger partial charge in [-0.1, -0.05) is 18.2 Å². The summed E-state index contributed by atoms with van der Waals surface area (Å²) < 4.78 is 0. The Balaban J connectivity index is 1.56. The Morgan fingerprint density at radius 2 is 2.25 bits per heavy atom. The van der Waals surface area contributed by atoms with Crippen LogP contribution < -0.4 is 5.32 Å². The van der Waals surface area contributed by atoms with Gasteiger partial charge >= 0.3 is 0 Å². The topological polar surface area (TPSA) is 57.8 Å². The number of para-hydroxylation sites is 1. The van der Waals surface area contributed by atoms with Crippen LogP contribution in [0.2, 0.25) is 0 Å². The van der Waals surface area contributed by atoms with Crippen molar-refractivity contribution in [2.45, 2.75) is 12.8 Å². The van der Waals surface area contributed by atoms with Gasteiger partial charge in [0, 0.05) is 35.4 Å². The molecule has 1 aromatic carbocycles. The minimum atomic E-state index is 0.0463. The molecule has 0 saturated heterocycles. The third kappa shape index (κ3) is 2.88. The summed E-state index contributed by atoms with van der Waals surface area (Å²) in [6.07, 6.45) is 3.09. The Morgan fingerprint density at radius 3 is 3.10 bits per heavy atom. The highest BCUT2D eigenvalue weighted by atomic mass is 32.1. The minimum Gasteiger partial charge on any atom is -0.361 e. The molecule has 0 spiro atoms. The molecule has 0 atom stereocenters. The second-order valence-electron chi connectivity index (χ2n) is 4.62. The molecule has 2 aromatic heterocycles. The first-order valence-corrected chi connectivity index (χ1v) is 7.46. The number of amides is 1. The number of H-pyrrole nitrogens is 1. The highest BCUT2D eigenvalue weighted by molar-refractivity contribution is 7.07. The van der Waals surface area contributed by atoms with Crippen LogP contribution in [-0.4, -0.2) is 22.4 Å². The van der Waals surface area contributed by atoms with E-state index in [1.165, 1.54) is 0 Å². The van der Waals surface area contributed by atoms with Gasteiger partial charge in [0.05, 0.1) is 17.6 Å². The molecule has 3 rings (SSSR count). The van der Waals surface area contributed by atoms with Gasteiger partial charge in [-0.25, -0.2) is 4.98 Å². The van der Waals surface area contributed by atoms with Gasteiger partial charge < -0.3 is 10.3 Å². The van der Waals surface area contributed by atoms with Crippen molar-refractivity contribution in [3.8, 4) is 0 Å². The zero-order valence-electron chi connectivity index (χ0n) is 10.9. The van der Waals surface area contributed by atoms with Crippen molar-refractivity contribution in [1.82, 2.24) is 15.3 Å². The monoisotopic (exact) mass is 285 g/mol. The summed E-state index contributed by atoms with van der Waals surface area (Å²) in [4.78, 5) is 19.3. The predicted octanol–water partition coefficient (Wildman–Crippen LogP) is 2.53. The Kier molecular flexibility index (Phi) is 3.78. The van der Waals surface area contributed by atoms with Crippen LogP contribution in [0.5, 0.6) is 0 Å². The van der Waals surface area contributed by atoms with Gasteiger partial charge in [0.15, 0.2) is 0 Å². The number of carbonyl (C=O) groups excluding carboxylic acids is 1. The molecule has 2 heterocycles. The maximum atomic E-state index is 11.9. The first-order chi connectivity index (χ1) is 9.83. The molecule has 20 heavy (non-hydrogen) atoms. The number of aromatic nitrogens is 2. The highest BCUT2D eigenvalue weighted by Crippen LogP contribution is 2.17. The Morgan fingerprint density at radius 1 is 1.35 bits per heavy atom. The molecule has 0 saturated carbocycles. The molecule has 0 aliphatic carbocycles. The molecular formula is C15H15N3OS. The van der Waals surface area contributed by atoms with Crippen molar-refractivity contribution in [3.05, 3.63) is 52.6 Å². The number of thiazole rings is 1. The number of hydrogen-bond acceptors (Lipinski definition) is 3. The fourth-order valence-electron chi connectivity index (χ4n) is 2.20. The lowest BCUT2D eigenvalue weighted by molar-refractivity contribution is -0.120. The van der Waals surface area contributed by atoms with Crippen LogP contribution in [0.3, 0.4) is 0 Å². The molecule has 0 aliphatic rings. The van der Waals surface area contributed by atoms with E-state index in [0.717, 1.165) is 28.6 Å². The zero-order valence-corrected chi connectivity index (χ0v) is 11.7. The van der Waals surface area contributed by atoms with Crippen LogP contribution in [0.1, 0.15) is 11.3 Å². The molecule has 0 aliphatic heterocycles. The van der Waals surface area contributed by atoms with Gasteiger partial charge in [-0.05, 0) is 11.6 Å². The molecule has 3 aromatic rings. The number of rotatable bonds is 5. The van der Waals surface area contributed by atoms with E-state index in [2.05, 4.69) is 15.3 Å². The normalized spacial score (nSPS) is 10.8. The third-order valence-corrected chi connectivity index (χ3v) is 3.85. The average Bonchev–Trinajstić information content (AvgIpc) is 3.09. The van der Waals surface area contributed by atoms with E-state index in [1.54, 1.807) is 11.3 Å². The number of carbonyl (C=O) groups is 1. The summed E-state index contributed by atoms with van der Waals surface area (Å²) in [5.41, 5.74) is 4.94. The summed E-state index contributed by atoms with van der Waals surface area (Å²) in [5, 5.41) is 6.05. The number of nitrogens with zero attached hydrogens (tertiary/aromatic N) is 1. The molecule has 102 valence electrons. The van der Waals surface area contributed by atoms with Gasteiger partial charge in [0.25, 0.3) is 0 Å². The molecule has 2 N–H and O–H groups in total. The maximum Gasteiger partial charge on any atom is 0.224 e. The molecule has 5 heteroatoms. The van der Waals surface area contributed by atoms with Crippen molar-refractivity contribution >= 4 is 28.1 Å². The summed E-state index contributed by atoms with van der Waals surface area (Å²) in [5.74, 6) is 0.0463. The van der Waals surface area contributed by atoms with Crippen molar-refractivity contribution in [2.24, 2.45) is 0 Å². The van der Waals surface area contributed by atoms with Crippen LogP contribution in [0, 0.1) is 0 Å². The first kappa shape index (κ1) is 12.9. The summed E-state index contributed by atoms with van der Waals surface area (Å²) in [6, 6.07) is 8.01. The number of fused-ring (bicyclic) bond motifs is 1. The number of benzene rings is 1. The van der Waals surface area contributed by atoms with E-state index in [9.17, 15) is 4.79 Å². The van der Waals surface area contributed by atoms with Crippen LogP contribution >= 0.6 is 11.3 Å². The van der Waals surface area contributed by atoms with E-state index in [4.69, 9.17) is 0 Å². The molecule has 0 bridgehead atoms. The highest BCUT2D eigenvalue weighted by Gasteiger charge is 2.08. The standard InChI is InChI=1S/C15H15N3OS/c19-15(16-6-5-12-9-20-10-18-12)7-11-8-17-14-4-2-1-3-13(11)14/h1-4,8-10,17H,5-7H2,(H,16,19). The first-order valence-electron chi connectivity index (χ1n) is 6.51. The van der Waals surface area contributed by atoms with E-state index in [0.29, 0.717) is 13.0 Å². The van der Waals surface area contributed by atoms with E-state index >= 15 is 0 Å². The molecule has 0 fully saturated rings. The quantitative estimate of drug-likeness (QED) is 0.757. The molecule has 0 unspecified atom stereocenters. The summed E-state index contributed by atoms with van der Waals surface area (Å²) in [7, 11) is 0. The van der Waals surface area contributed by atoms with Gasteiger partial charge in [-0.15, -0.1) is 11.3 Å². The average molecular weight is 285 g/mol. The van der Waals surface area contributed by atoms with E-state index in [1.807, 2.05) is 41.4 Å². The molecule has 1 amide bonds. The molecule has 4 nitrogen and oxygen atoms in total. The van der Waals surface area contributed by atoms with Crippen LogP contribution in [0.4, 0.5) is 0 Å². The Bertz CT molecular complexity index is 703. The Labute approximate surface area is 120 Å². The molecule has 0 radical (unpaired) electrons. The van der Waals surface area contributed by atoms with Gasteiger partial charge in [-0.2, -0.15) is 0 Å². The smallest absolute Gasteiger partial charge is 0.224 e. The predicted molar refractivity (Wildman–Crippen MR) is 80.8 cm³/mol. The summed E-state index contributed by atoms with van der Waals surface area (Å²) in [6.45, 7) is 0.630. The van der Waals surface area contributed by atoms with E-state index in [-0.39, 0.29) is 5.91 Å². The SMILES string of the molecule is O=C(Cc1c[nH]c2ccccc12)NCCc1cscn1. The van der Waals surface area contributed by atoms with Gasteiger partial charge in [-0.3, -0.25) is 4.79 Å². The maximum absolute atomic E-state index is 11.9. The minimum absolute atomic E-state index is 0.0463. The van der Waals surface area contributed by atoms with Crippen molar-refractivity contribution < 1.29 is 4.79 Å². The fourth-order valence-corrected chi connectivity index (χ4v) is 2.80. The Hall–Kier alpha value is -2.14. The lowest BCUT2D eigenvalue weighted by Crippen LogP contribution is -2.27. The second-order valence-corrected chi connectivity index (χ2v) is 5.33. The fraction of sp³-hybridized carbons (Fsp3) is 0.200. The molecular weight excluding hydrogens is 270 g/mol. The number of hydrogen-bond donors (Lipinski definition) is 2. The lowest BCUT2D eigenvalue weighted by Gasteiger charge is -2.03. The van der Waals surface area contributed by atoms with Crippen molar-refractivity contribution in [2.75, 3.05) is 6.54 Å². The number of aromatic amines is 1.